The van der Waals surface area contributed by atoms with E-state index in [-0.39, 0.29) is 6.04 Å². The number of hydrogen-bond donors (Lipinski definition) is 1. The van der Waals surface area contributed by atoms with Crippen molar-refractivity contribution in [2.75, 3.05) is 5.73 Å². The summed E-state index contributed by atoms with van der Waals surface area (Å²) < 4.78 is 7.14. The van der Waals surface area contributed by atoms with E-state index in [0.717, 1.165) is 22.5 Å². The van der Waals surface area contributed by atoms with Crippen LogP contribution in [0.5, 0.6) is 0 Å². The number of halogens is 2. The summed E-state index contributed by atoms with van der Waals surface area (Å²) in [5.41, 5.74) is 9.44. The Morgan fingerprint density at radius 3 is 2.52 bits per heavy atom. The Morgan fingerprint density at radius 1 is 1.24 bits per heavy atom. The van der Waals surface area contributed by atoms with Gasteiger partial charge in [-0.25, -0.2) is 4.98 Å². The Kier molecular flexibility index (Phi) is 3.34. The van der Waals surface area contributed by atoms with Gasteiger partial charge in [-0.2, -0.15) is 0 Å². The van der Waals surface area contributed by atoms with Gasteiger partial charge in [0, 0.05) is 5.56 Å². The summed E-state index contributed by atoms with van der Waals surface area (Å²) in [7, 11) is 0. The highest BCUT2D eigenvalue weighted by Gasteiger charge is 2.22. The van der Waals surface area contributed by atoms with Gasteiger partial charge in [-0.3, -0.25) is 0 Å². The minimum atomic E-state index is -0.0708. The predicted molar refractivity (Wildman–Crippen MR) is 84.0 cm³/mol. The molecule has 2 aromatic heterocycles. The maximum Gasteiger partial charge on any atom is 0.201 e. The molecule has 1 aromatic carbocycles. The van der Waals surface area contributed by atoms with E-state index in [1.807, 2.05) is 25.3 Å². The van der Waals surface area contributed by atoms with E-state index in [1.165, 1.54) is 0 Å². The van der Waals surface area contributed by atoms with Crippen LogP contribution in [0.25, 0.3) is 11.0 Å². The fourth-order valence-electron chi connectivity index (χ4n) is 2.73. The van der Waals surface area contributed by atoms with Crippen LogP contribution in [0.4, 0.5) is 5.95 Å². The molecule has 7 heteroatoms. The molecule has 110 valence electrons. The van der Waals surface area contributed by atoms with Crippen LogP contribution in [-0.2, 0) is 0 Å². The quantitative estimate of drug-likeness (QED) is 0.769. The largest absolute Gasteiger partial charge is 0.369 e. The van der Waals surface area contributed by atoms with Gasteiger partial charge < -0.3 is 14.8 Å². The third-order valence-electron chi connectivity index (χ3n) is 3.65. The van der Waals surface area contributed by atoms with Gasteiger partial charge in [-0.1, -0.05) is 28.4 Å². The lowest BCUT2D eigenvalue weighted by atomic mass is 10.1. The average molecular weight is 325 g/mol. The SMILES string of the molecule is Cc1noc(C)c1C(C)n1c(N)nc2cc(Cl)c(Cl)cc21. The highest BCUT2D eigenvalue weighted by atomic mass is 35.5. The van der Waals surface area contributed by atoms with Gasteiger partial charge in [0.05, 0.1) is 32.8 Å². The monoisotopic (exact) mass is 324 g/mol. The Bertz CT molecular complexity index is 818. The number of anilines is 1. The van der Waals surface area contributed by atoms with Crippen molar-refractivity contribution in [1.82, 2.24) is 14.7 Å². The van der Waals surface area contributed by atoms with E-state index in [9.17, 15) is 0 Å². The molecular weight excluding hydrogens is 311 g/mol. The summed E-state index contributed by atoms with van der Waals surface area (Å²) >= 11 is 12.1. The van der Waals surface area contributed by atoms with Gasteiger partial charge in [0.25, 0.3) is 0 Å². The lowest BCUT2D eigenvalue weighted by Gasteiger charge is -2.16. The normalized spacial score (nSPS) is 13.0. The summed E-state index contributed by atoms with van der Waals surface area (Å²) in [6.07, 6.45) is 0. The molecule has 2 N–H and O–H groups in total. The third kappa shape index (κ3) is 2.17. The van der Waals surface area contributed by atoms with Gasteiger partial charge in [0.15, 0.2) is 0 Å². The van der Waals surface area contributed by atoms with Crippen LogP contribution in [0.15, 0.2) is 16.7 Å². The number of aromatic nitrogens is 3. The predicted octanol–water partition coefficient (Wildman–Crippen LogP) is 4.14. The molecule has 1 atom stereocenters. The molecule has 0 aliphatic heterocycles. The van der Waals surface area contributed by atoms with Crippen molar-refractivity contribution in [2.24, 2.45) is 0 Å². The van der Waals surface area contributed by atoms with Crippen molar-refractivity contribution in [3.8, 4) is 0 Å². The van der Waals surface area contributed by atoms with Crippen molar-refractivity contribution in [3.63, 3.8) is 0 Å². The fourth-order valence-corrected chi connectivity index (χ4v) is 3.05. The number of nitrogen functional groups attached to an aromatic ring is 1. The molecule has 2 heterocycles. The van der Waals surface area contributed by atoms with Gasteiger partial charge >= 0.3 is 0 Å². The maximum absolute atomic E-state index is 6.12. The maximum atomic E-state index is 6.12. The molecule has 0 aliphatic carbocycles. The van der Waals surface area contributed by atoms with Crippen molar-refractivity contribution < 1.29 is 4.52 Å². The first-order valence-electron chi connectivity index (χ1n) is 6.45. The van der Waals surface area contributed by atoms with Crippen LogP contribution in [0.1, 0.15) is 30.0 Å². The molecule has 1 unspecified atom stereocenters. The van der Waals surface area contributed by atoms with Crippen LogP contribution in [-0.4, -0.2) is 14.7 Å². The van der Waals surface area contributed by atoms with Crippen molar-refractivity contribution in [2.45, 2.75) is 26.8 Å². The summed E-state index contributed by atoms with van der Waals surface area (Å²) in [6.45, 7) is 5.80. The summed E-state index contributed by atoms with van der Waals surface area (Å²) in [5.74, 6) is 1.16. The number of imidazole rings is 1. The van der Waals surface area contributed by atoms with Crippen LogP contribution in [0, 0.1) is 13.8 Å². The molecule has 5 nitrogen and oxygen atoms in total. The Labute approximate surface area is 131 Å². The second kappa shape index (κ2) is 4.93. The fraction of sp³-hybridized carbons (Fsp3) is 0.286. The van der Waals surface area contributed by atoms with Gasteiger partial charge in [0.1, 0.15) is 5.76 Å². The van der Waals surface area contributed by atoms with E-state index >= 15 is 0 Å². The molecule has 0 bridgehead atoms. The van der Waals surface area contributed by atoms with Gasteiger partial charge in [-0.05, 0) is 32.9 Å². The first-order chi connectivity index (χ1) is 9.90. The van der Waals surface area contributed by atoms with E-state index in [1.54, 1.807) is 12.1 Å². The molecule has 0 aliphatic rings. The van der Waals surface area contributed by atoms with E-state index in [2.05, 4.69) is 10.1 Å². The zero-order chi connectivity index (χ0) is 15.3. The minimum absolute atomic E-state index is 0.0708. The molecule has 3 aromatic rings. The number of hydrogen-bond acceptors (Lipinski definition) is 4. The second-order valence-corrected chi connectivity index (χ2v) is 5.82. The molecular formula is C14H14Cl2N4O. The summed E-state index contributed by atoms with van der Waals surface area (Å²) in [4.78, 5) is 4.35. The van der Waals surface area contributed by atoms with E-state index in [4.69, 9.17) is 33.5 Å². The lowest BCUT2D eigenvalue weighted by Crippen LogP contribution is -2.11. The van der Waals surface area contributed by atoms with Gasteiger partial charge in [0.2, 0.25) is 5.95 Å². The van der Waals surface area contributed by atoms with Crippen LogP contribution in [0.2, 0.25) is 10.0 Å². The van der Waals surface area contributed by atoms with Gasteiger partial charge in [-0.15, -0.1) is 0 Å². The summed E-state index contributed by atoms with van der Waals surface area (Å²) in [5, 5.41) is 4.92. The molecule has 3 rings (SSSR count). The Morgan fingerprint density at radius 2 is 1.90 bits per heavy atom. The van der Waals surface area contributed by atoms with Crippen LogP contribution < -0.4 is 5.73 Å². The molecule has 0 spiro atoms. The second-order valence-electron chi connectivity index (χ2n) is 5.01. The first kappa shape index (κ1) is 14.2. The molecule has 0 saturated heterocycles. The van der Waals surface area contributed by atoms with Crippen LogP contribution in [0.3, 0.4) is 0 Å². The molecule has 0 saturated carbocycles. The first-order valence-corrected chi connectivity index (χ1v) is 7.21. The number of fused-ring (bicyclic) bond motifs is 1. The summed E-state index contributed by atoms with van der Waals surface area (Å²) in [6, 6.07) is 3.42. The number of rotatable bonds is 2. The molecule has 0 radical (unpaired) electrons. The van der Waals surface area contributed by atoms with E-state index < -0.39 is 0 Å². The van der Waals surface area contributed by atoms with Crippen molar-refractivity contribution >= 4 is 40.2 Å². The lowest BCUT2D eigenvalue weighted by molar-refractivity contribution is 0.391. The van der Waals surface area contributed by atoms with Crippen LogP contribution >= 0.6 is 23.2 Å². The van der Waals surface area contributed by atoms with E-state index in [0.29, 0.717) is 21.5 Å². The number of nitrogens with two attached hydrogens (primary N) is 1. The minimum Gasteiger partial charge on any atom is -0.369 e. The average Bonchev–Trinajstić information content (AvgIpc) is 2.89. The molecule has 0 amide bonds. The Balaban J connectivity index is 2.25. The highest BCUT2D eigenvalue weighted by molar-refractivity contribution is 6.42. The zero-order valence-electron chi connectivity index (χ0n) is 11.8. The number of aryl methyl sites for hydroxylation is 2. The zero-order valence-corrected chi connectivity index (χ0v) is 13.3. The smallest absolute Gasteiger partial charge is 0.201 e. The van der Waals surface area contributed by atoms with Crippen molar-refractivity contribution in [3.05, 3.63) is 39.2 Å². The third-order valence-corrected chi connectivity index (χ3v) is 4.37. The molecule has 0 fully saturated rings. The Hall–Kier alpha value is -1.72. The highest BCUT2D eigenvalue weighted by Crippen LogP contribution is 2.34. The topological polar surface area (TPSA) is 69.9 Å². The number of benzene rings is 1. The molecule has 21 heavy (non-hydrogen) atoms. The number of nitrogens with zero attached hydrogens (tertiary/aromatic N) is 3. The van der Waals surface area contributed by atoms with Crippen molar-refractivity contribution in [1.29, 1.82) is 0 Å². The standard InChI is InChI=1S/C14H14Cl2N4O/c1-6-13(8(3)21-19-6)7(2)20-12-5-10(16)9(15)4-11(12)18-14(20)17/h4-5,7H,1-3H3,(H2,17,18).